The summed E-state index contributed by atoms with van der Waals surface area (Å²) < 4.78 is 1.86. The van der Waals surface area contributed by atoms with Gasteiger partial charge in [0.1, 0.15) is 10.7 Å². The average Bonchev–Trinajstić information content (AvgIpc) is 2.63. The summed E-state index contributed by atoms with van der Waals surface area (Å²) in [6.45, 7) is 0.0718. The Labute approximate surface area is 91.6 Å². The predicted molar refractivity (Wildman–Crippen MR) is 58.9 cm³/mol. The minimum Gasteiger partial charge on any atom is -0.396 e. The molecule has 15 heavy (non-hydrogen) atoms. The van der Waals surface area contributed by atoms with Crippen LogP contribution in [0.3, 0.4) is 0 Å². The Bertz CT molecular complexity index is 456. The van der Waals surface area contributed by atoms with Crippen LogP contribution < -0.4 is 0 Å². The molecule has 0 atom stereocenters. The molecule has 0 bridgehead atoms. The van der Waals surface area contributed by atoms with Crippen molar-refractivity contribution in [3.63, 3.8) is 0 Å². The van der Waals surface area contributed by atoms with Crippen LogP contribution in [0.15, 0.2) is 29.4 Å². The van der Waals surface area contributed by atoms with Crippen LogP contribution in [0.1, 0.15) is 5.69 Å². The summed E-state index contributed by atoms with van der Waals surface area (Å²) >= 11 is 1.46. The zero-order valence-electron chi connectivity index (χ0n) is 8.13. The number of nitrogens with zero attached hydrogens (tertiary/aromatic N) is 2. The van der Waals surface area contributed by atoms with E-state index in [1.807, 2.05) is 28.8 Å². The van der Waals surface area contributed by atoms with Gasteiger partial charge in [-0.15, -0.1) is 11.8 Å². The summed E-state index contributed by atoms with van der Waals surface area (Å²) in [6, 6.07) is 5.69. The van der Waals surface area contributed by atoms with Crippen molar-refractivity contribution >= 4 is 17.4 Å². The van der Waals surface area contributed by atoms with E-state index in [1.54, 1.807) is 0 Å². The van der Waals surface area contributed by atoms with E-state index in [9.17, 15) is 5.11 Å². The fourth-order valence-corrected chi connectivity index (χ4v) is 2.20. The molecular weight excluding hydrogens is 212 g/mol. The number of aliphatic hydroxyl groups is 2. The number of pyridine rings is 1. The summed E-state index contributed by atoms with van der Waals surface area (Å²) in [7, 11) is 0. The third-order valence-electron chi connectivity index (χ3n) is 2.07. The van der Waals surface area contributed by atoms with Gasteiger partial charge in [0.15, 0.2) is 0 Å². The first kappa shape index (κ1) is 10.5. The number of hydrogen-bond acceptors (Lipinski definition) is 4. The minimum absolute atomic E-state index is 0.0427. The summed E-state index contributed by atoms with van der Waals surface area (Å²) in [5, 5.41) is 18.8. The maximum atomic E-state index is 9.27. The molecule has 0 spiro atoms. The van der Waals surface area contributed by atoms with Crippen molar-refractivity contribution in [2.24, 2.45) is 0 Å². The fourth-order valence-electron chi connectivity index (χ4n) is 1.43. The smallest absolute Gasteiger partial charge is 0.138 e. The van der Waals surface area contributed by atoms with E-state index in [0.29, 0.717) is 5.75 Å². The van der Waals surface area contributed by atoms with Gasteiger partial charge < -0.3 is 14.6 Å². The van der Waals surface area contributed by atoms with Crippen LogP contribution in [-0.4, -0.2) is 32.0 Å². The van der Waals surface area contributed by atoms with Crippen LogP contribution in [-0.2, 0) is 6.61 Å². The Balaban J connectivity index is 2.44. The maximum Gasteiger partial charge on any atom is 0.138 e. The summed E-state index contributed by atoms with van der Waals surface area (Å²) in [5.74, 6) is 0.594. The lowest BCUT2D eigenvalue weighted by Gasteiger charge is -1.99. The van der Waals surface area contributed by atoms with E-state index in [1.165, 1.54) is 11.8 Å². The van der Waals surface area contributed by atoms with Crippen LogP contribution in [0.5, 0.6) is 0 Å². The quantitative estimate of drug-likeness (QED) is 0.758. The number of imidazole rings is 1. The molecule has 5 heteroatoms. The standard InChI is InChI=1S/C10H12N2O2S/c13-5-6-15-10-8(7-14)12-4-2-1-3-9(12)11-10/h1-4,13-14H,5-7H2. The van der Waals surface area contributed by atoms with Gasteiger partial charge in [-0.1, -0.05) is 6.07 Å². The molecule has 0 saturated carbocycles. The van der Waals surface area contributed by atoms with Gasteiger partial charge in [0, 0.05) is 11.9 Å². The van der Waals surface area contributed by atoms with Gasteiger partial charge in [-0.05, 0) is 12.1 Å². The zero-order chi connectivity index (χ0) is 10.7. The highest BCUT2D eigenvalue weighted by molar-refractivity contribution is 7.99. The molecule has 0 aliphatic heterocycles. The van der Waals surface area contributed by atoms with E-state index >= 15 is 0 Å². The molecular formula is C10H12N2O2S. The van der Waals surface area contributed by atoms with E-state index < -0.39 is 0 Å². The van der Waals surface area contributed by atoms with Crippen molar-refractivity contribution < 1.29 is 10.2 Å². The lowest BCUT2D eigenvalue weighted by atomic mass is 10.4. The molecule has 2 aromatic rings. The molecule has 2 aromatic heterocycles. The lowest BCUT2D eigenvalue weighted by Crippen LogP contribution is -1.94. The molecule has 4 nitrogen and oxygen atoms in total. The molecule has 80 valence electrons. The van der Waals surface area contributed by atoms with Gasteiger partial charge in [-0.25, -0.2) is 4.98 Å². The third-order valence-corrected chi connectivity index (χ3v) is 3.06. The summed E-state index contributed by atoms with van der Waals surface area (Å²) in [5.41, 5.74) is 1.60. The normalized spacial score (nSPS) is 11.1. The van der Waals surface area contributed by atoms with Crippen molar-refractivity contribution in [2.75, 3.05) is 12.4 Å². The first-order chi connectivity index (χ1) is 7.36. The number of rotatable bonds is 4. The number of thioether (sulfide) groups is 1. The second-order valence-electron chi connectivity index (χ2n) is 3.02. The highest BCUT2D eigenvalue weighted by Gasteiger charge is 2.10. The SMILES string of the molecule is OCCSc1nc2ccccn2c1CO. The van der Waals surface area contributed by atoms with Crippen molar-refractivity contribution in [1.29, 1.82) is 0 Å². The number of aliphatic hydroxyl groups excluding tert-OH is 2. The Kier molecular flexibility index (Phi) is 3.25. The van der Waals surface area contributed by atoms with E-state index in [4.69, 9.17) is 5.11 Å². The highest BCUT2D eigenvalue weighted by atomic mass is 32.2. The van der Waals surface area contributed by atoms with Gasteiger partial charge in [0.2, 0.25) is 0 Å². The molecule has 0 aliphatic rings. The Morgan fingerprint density at radius 2 is 2.20 bits per heavy atom. The molecule has 0 saturated heterocycles. The van der Waals surface area contributed by atoms with Gasteiger partial charge in [0.25, 0.3) is 0 Å². The first-order valence-corrected chi connectivity index (χ1v) is 5.66. The van der Waals surface area contributed by atoms with Gasteiger partial charge in [0.05, 0.1) is 18.9 Å². The lowest BCUT2D eigenvalue weighted by molar-refractivity contribution is 0.272. The van der Waals surface area contributed by atoms with Crippen LogP contribution in [0.25, 0.3) is 5.65 Å². The van der Waals surface area contributed by atoms with E-state index in [0.717, 1.165) is 16.4 Å². The Hall–Kier alpha value is -1.04. The monoisotopic (exact) mass is 224 g/mol. The minimum atomic E-state index is -0.0427. The van der Waals surface area contributed by atoms with Crippen molar-refractivity contribution in [1.82, 2.24) is 9.38 Å². The molecule has 2 N–H and O–H groups in total. The number of hydrogen-bond donors (Lipinski definition) is 2. The van der Waals surface area contributed by atoms with Crippen molar-refractivity contribution in [3.8, 4) is 0 Å². The third kappa shape index (κ3) is 1.99. The molecule has 0 aromatic carbocycles. The molecule has 0 amide bonds. The Morgan fingerprint density at radius 1 is 1.33 bits per heavy atom. The Morgan fingerprint density at radius 3 is 2.93 bits per heavy atom. The van der Waals surface area contributed by atoms with Crippen LogP contribution in [0.4, 0.5) is 0 Å². The largest absolute Gasteiger partial charge is 0.396 e. The zero-order valence-corrected chi connectivity index (χ0v) is 8.94. The van der Waals surface area contributed by atoms with Crippen LogP contribution in [0, 0.1) is 0 Å². The van der Waals surface area contributed by atoms with E-state index in [2.05, 4.69) is 4.98 Å². The number of aromatic nitrogens is 2. The molecule has 2 rings (SSSR count). The second-order valence-corrected chi connectivity index (χ2v) is 4.11. The predicted octanol–water partition coefficient (Wildman–Crippen LogP) is 0.911. The van der Waals surface area contributed by atoms with Crippen molar-refractivity contribution in [3.05, 3.63) is 30.1 Å². The molecule has 0 unspecified atom stereocenters. The second kappa shape index (κ2) is 4.65. The van der Waals surface area contributed by atoms with E-state index in [-0.39, 0.29) is 13.2 Å². The fraction of sp³-hybridized carbons (Fsp3) is 0.300. The summed E-state index contributed by atoms with van der Waals surface area (Å²) in [4.78, 5) is 4.38. The van der Waals surface area contributed by atoms with Gasteiger partial charge in [-0.2, -0.15) is 0 Å². The topological polar surface area (TPSA) is 57.8 Å². The molecule has 0 fully saturated rings. The molecule has 2 heterocycles. The van der Waals surface area contributed by atoms with Gasteiger partial charge in [-0.3, -0.25) is 0 Å². The van der Waals surface area contributed by atoms with Gasteiger partial charge >= 0.3 is 0 Å². The maximum absolute atomic E-state index is 9.27. The molecule has 0 aliphatic carbocycles. The number of fused-ring (bicyclic) bond motifs is 1. The average molecular weight is 224 g/mol. The van der Waals surface area contributed by atoms with Crippen LogP contribution >= 0.6 is 11.8 Å². The van der Waals surface area contributed by atoms with Crippen molar-refractivity contribution in [2.45, 2.75) is 11.6 Å². The van der Waals surface area contributed by atoms with Crippen LogP contribution in [0.2, 0.25) is 0 Å². The highest BCUT2D eigenvalue weighted by Crippen LogP contribution is 2.23. The summed E-state index contributed by atoms with van der Waals surface area (Å²) in [6.07, 6.45) is 1.87. The molecule has 0 radical (unpaired) electrons. The first-order valence-electron chi connectivity index (χ1n) is 4.67.